The summed E-state index contributed by atoms with van der Waals surface area (Å²) in [5.41, 5.74) is 0.175. The third-order valence-electron chi connectivity index (χ3n) is 3.02. The molecule has 0 bridgehead atoms. The number of ether oxygens (including phenoxy) is 1. The maximum atomic E-state index is 12.2. The minimum atomic E-state index is -0.661. The second-order valence-electron chi connectivity index (χ2n) is 4.51. The van der Waals surface area contributed by atoms with Gasteiger partial charge in [0.25, 0.3) is 5.91 Å². The second kappa shape index (κ2) is 6.35. The molecule has 0 saturated heterocycles. The van der Waals surface area contributed by atoms with E-state index in [1.165, 1.54) is 22.5 Å². The van der Waals surface area contributed by atoms with Crippen molar-refractivity contribution in [2.75, 3.05) is 11.9 Å². The van der Waals surface area contributed by atoms with Gasteiger partial charge in [-0.3, -0.25) is 19.6 Å². The molecule has 10 heteroatoms. The van der Waals surface area contributed by atoms with Crippen molar-refractivity contribution in [2.24, 2.45) is 7.05 Å². The quantitative estimate of drug-likeness (QED) is 0.630. The van der Waals surface area contributed by atoms with E-state index in [1.807, 2.05) is 6.92 Å². The highest BCUT2D eigenvalue weighted by atomic mass is 16.6. The lowest BCUT2D eigenvalue weighted by molar-refractivity contribution is -0.385. The Bertz CT molecular complexity index is 705. The van der Waals surface area contributed by atoms with Gasteiger partial charge in [0.05, 0.1) is 23.0 Å². The first-order valence-electron chi connectivity index (χ1n) is 6.53. The third-order valence-corrected chi connectivity index (χ3v) is 3.02. The van der Waals surface area contributed by atoms with E-state index in [0.29, 0.717) is 18.0 Å². The lowest BCUT2D eigenvalue weighted by atomic mass is 10.3. The van der Waals surface area contributed by atoms with Crippen LogP contribution in [0.25, 0.3) is 0 Å². The Morgan fingerprint density at radius 1 is 1.55 bits per heavy atom. The number of aromatic nitrogens is 4. The van der Waals surface area contributed by atoms with Gasteiger partial charge in [0, 0.05) is 13.7 Å². The predicted molar refractivity (Wildman–Crippen MR) is 76.4 cm³/mol. The number of nitro groups is 1. The van der Waals surface area contributed by atoms with Gasteiger partial charge in [-0.05, 0) is 13.8 Å². The zero-order valence-electron chi connectivity index (χ0n) is 12.4. The highest BCUT2D eigenvalue weighted by Crippen LogP contribution is 2.23. The summed E-state index contributed by atoms with van der Waals surface area (Å²) in [6.45, 7) is 4.19. The average Bonchev–Trinajstić information content (AvgIpc) is 3.02. The van der Waals surface area contributed by atoms with Gasteiger partial charge in [-0.2, -0.15) is 10.2 Å². The Hall–Kier alpha value is -2.75. The summed E-state index contributed by atoms with van der Waals surface area (Å²) in [5, 5.41) is 21.5. The van der Waals surface area contributed by atoms with Crippen molar-refractivity contribution in [3.8, 4) is 0 Å². The molecule has 1 N–H and O–H groups in total. The molecular formula is C12H16N6O4. The maximum absolute atomic E-state index is 12.2. The van der Waals surface area contributed by atoms with Crippen LogP contribution < -0.4 is 5.32 Å². The fraction of sp³-hybridized carbons (Fsp3) is 0.417. The van der Waals surface area contributed by atoms with Crippen LogP contribution in [0.4, 0.5) is 11.4 Å². The molecule has 0 aliphatic heterocycles. The summed E-state index contributed by atoms with van der Waals surface area (Å²) >= 11 is 0. The van der Waals surface area contributed by atoms with Crippen molar-refractivity contribution < 1.29 is 14.5 Å². The standard InChI is InChI=1S/C12H16N6O4/c1-4-22-7-17-6-9(5-13-17)14-12(19)10-11(18(20)21)8(2)16(3)15-10/h5-6H,4,7H2,1-3H3,(H,14,19). The van der Waals surface area contributed by atoms with Crippen LogP contribution in [0.3, 0.4) is 0 Å². The first-order valence-corrected chi connectivity index (χ1v) is 6.53. The summed E-state index contributed by atoms with van der Waals surface area (Å²) in [4.78, 5) is 22.6. The normalized spacial score (nSPS) is 10.7. The molecule has 10 nitrogen and oxygen atoms in total. The Morgan fingerprint density at radius 3 is 2.91 bits per heavy atom. The van der Waals surface area contributed by atoms with Crippen molar-refractivity contribution >= 4 is 17.3 Å². The van der Waals surface area contributed by atoms with Gasteiger partial charge < -0.3 is 10.1 Å². The van der Waals surface area contributed by atoms with Gasteiger partial charge >= 0.3 is 5.69 Å². The lowest BCUT2D eigenvalue weighted by Crippen LogP contribution is -2.14. The number of nitrogens with zero attached hydrogens (tertiary/aromatic N) is 5. The zero-order chi connectivity index (χ0) is 16.3. The Kier molecular flexibility index (Phi) is 4.51. The number of aryl methyl sites for hydroxylation is 1. The van der Waals surface area contributed by atoms with Gasteiger partial charge in [0.2, 0.25) is 5.69 Å². The molecule has 2 aromatic rings. The fourth-order valence-electron chi connectivity index (χ4n) is 1.84. The molecule has 2 aromatic heterocycles. The molecule has 118 valence electrons. The maximum Gasteiger partial charge on any atom is 0.322 e. The SMILES string of the molecule is CCOCn1cc(NC(=O)c2nn(C)c(C)c2[N+](=O)[O-])cn1. The first kappa shape index (κ1) is 15.6. The van der Waals surface area contributed by atoms with E-state index in [2.05, 4.69) is 15.5 Å². The molecule has 0 atom stereocenters. The summed E-state index contributed by atoms with van der Waals surface area (Å²) in [5.74, 6) is -0.661. The van der Waals surface area contributed by atoms with Crippen LogP contribution in [0.15, 0.2) is 12.4 Å². The average molecular weight is 308 g/mol. The lowest BCUT2D eigenvalue weighted by Gasteiger charge is -2.00. The molecule has 0 aliphatic rings. The van der Waals surface area contributed by atoms with E-state index in [4.69, 9.17) is 4.74 Å². The predicted octanol–water partition coefficient (Wildman–Crippen LogP) is 1.08. The minimum Gasteiger partial charge on any atom is -0.360 e. The van der Waals surface area contributed by atoms with Gasteiger partial charge in [-0.25, -0.2) is 4.68 Å². The Balaban J connectivity index is 2.17. The number of carbonyl (C=O) groups excluding carboxylic acids is 1. The number of hydrogen-bond acceptors (Lipinski definition) is 6. The number of hydrogen-bond donors (Lipinski definition) is 1. The van der Waals surface area contributed by atoms with E-state index in [-0.39, 0.29) is 18.1 Å². The highest BCUT2D eigenvalue weighted by molar-refractivity contribution is 6.05. The molecule has 0 aliphatic carbocycles. The third kappa shape index (κ3) is 3.11. The number of anilines is 1. The molecule has 0 fully saturated rings. The van der Waals surface area contributed by atoms with Crippen molar-refractivity contribution in [3.05, 3.63) is 33.9 Å². The monoisotopic (exact) mass is 308 g/mol. The van der Waals surface area contributed by atoms with Gasteiger partial charge in [-0.1, -0.05) is 0 Å². The highest BCUT2D eigenvalue weighted by Gasteiger charge is 2.29. The van der Waals surface area contributed by atoms with Crippen LogP contribution in [-0.4, -0.2) is 37.0 Å². The smallest absolute Gasteiger partial charge is 0.322 e. The van der Waals surface area contributed by atoms with Crippen molar-refractivity contribution in [2.45, 2.75) is 20.6 Å². The van der Waals surface area contributed by atoms with Gasteiger partial charge in [0.1, 0.15) is 12.4 Å². The molecular weight excluding hydrogens is 292 g/mol. The molecule has 0 spiro atoms. The summed E-state index contributed by atoms with van der Waals surface area (Å²) in [7, 11) is 1.54. The number of carbonyl (C=O) groups is 1. The number of rotatable bonds is 6. The van der Waals surface area contributed by atoms with Crippen LogP contribution in [0.5, 0.6) is 0 Å². The van der Waals surface area contributed by atoms with Gasteiger partial charge in [-0.15, -0.1) is 0 Å². The molecule has 1 amide bonds. The van der Waals surface area contributed by atoms with Crippen molar-refractivity contribution in [3.63, 3.8) is 0 Å². The van der Waals surface area contributed by atoms with Crippen LogP contribution in [0.1, 0.15) is 23.1 Å². The molecule has 0 unspecified atom stereocenters. The van der Waals surface area contributed by atoms with E-state index in [9.17, 15) is 14.9 Å². The summed E-state index contributed by atoms with van der Waals surface area (Å²) < 4.78 is 7.97. The van der Waals surface area contributed by atoms with Crippen LogP contribution >= 0.6 is 0 Å². The summed E-state index contributed by atoms with van der Waals surface area (Å²) in [6, 6.07) is 0. The van der Waals surface area contributed by atoms with Crippen LogP contribution in [0, 0.1) is 17.0 Å². The topological polar surface area (TPSA) is 117 Å². The summed E-state index contributed by atoms with van der Waals surface area (Å²) in [6.07, 6.45) is 2.99. The fourth-order valence-corrected chi connectivity index (χ4v) is 1.84. The molecule has 0 radical (unpaired) electrons. The molecule has 0 aromatic carbocycles. The Morgan fingerprint density at radius 2 is 2.27 bits per heavy atom. The minimum absolute atomic E-state index is 0.234. The second-order valence-corrected chi connectivity index (χ2v) is 4.51. The molecule has 2 heterocycles. The van der Waals surface area contributed by atoms with E-state index >= 15 is 0 Å². The molecule has 22 heavy (non-hydrogen) atoms. The molecule has 0 saturated carbocycles. The van der Waals surface area contributed by atoms with Crippen molar-refractivity contribution in [1.29, 1.82) is 0 Å². The first-order chi connectivity index (χ1) is 10.4. The Labute approximate surface area is 125 Å². The van der Waals surface area contributed by atoms with Crippen molar-refractivity contribution in [1.82, 2.24) is 19.6 Å². The van der Waals surface area contributed by atoms with Crippen LogP contribution in [-0.2, 0) is 18.5 Å². The van der Waals surface area contributed by atoms with Gasteiger partial charge in [0.15, 0.2) is 0 Å². The number of nitrogens with one attached hydrogen (secondary N) is 1. The zero-order valence-corrected chi connectivity index (χ0v) is 12.4. The van der Waals surface area contributed by atoms with E-state index in [0.717, 1.165) is 0 Å². The van der Waals surface area contributed by atoms with E-state index in [1.54, 1.807) is 13.2 Å². The van der Waals surface area contributed by atoms with Crippen LogP contribution in [0.2, 0.25) is 0 Å². The largest absolute Gasteiger partial charge is 0.360 e. The number of amides is 1. The molecule has 2 rings (SSSR count). The van der Waals surface area contributed by atoms with E-state index < -0.39 is 10.8 Å².